The third-order valence-corrected chi connectivity index (χ3v) is 5.38. The minimum absolute atomic E-state index is 0.0685. The van der Waals surface area contributed by atoms with Crippen LogP contribution in [0.25, 0.3) is 0 Å². The standard InChI is InChI=1S/C17H31N3O2/c21-17(13-16-14-18-7-12-22-16)20-9-4-8-19(10-11-20)15-5-2-1-3-6-15/h15-16,18H,1-14H2/t16-/m0/s1. The van der Waals surface area contributed by atoms with Crippen LogP contribution < -0.4 is 5.32 Å². The van der Waals surface area contributed by atoms with E-state index in [2.05, 4.69) is 15.1 Å². The highest BCUT2D eigenvalue weighted by molar-refractivity contribution is 5.76. The number of amides is 1. The summed E-state index contributed by atoms with van der Waals surface area (Å²) in [5.41, 5.74) is 0. The molecule has 22 heavy (non-hydrogen) atoms. The molecule has 1 N–H and O–H groups in total. The van der Waals surface area contributed by atoms with Crippen LogP contribution in [0.1, 0.15) is 44.9 Å². The molecule has 0 bridgehead atoms. The summed E-state index contributed by atoms with van der Waals surface area (Å²) in [5.74, 6) is 0.277. The van der Waals surface area contributed by atoms with E-state index in [1.807, 2.05) is 0 Å². The van der Waals surface area contributed by atoms with Crippen molar-refractivity contribution in [1.29, 1.82) is 0 Å². The van der Waals surface area contributed by atoms with E-state index in [1.54, 1.807) is 0 Å². The van der Waals surface area contributed by atoms with Crippen molar-refractivity contribution >= 4 is 5.91 Å². The molecule has 5 nitrogen and oxygen atoms in total. The Hall–Kier alpha value is -0.650. The summed E-state index contributed by atoms with van der Waals surface area (Å²) in [6, 6.07) is 0.773. The molecule has 126 valence electrons. The number of ether oxygens (including phenoxy) is 1. The van der Waals surface area contributed by atoms with Crippen molar-refractivity contribution in [2.24, 2.45) is 0 Å². The van der Waals surface area contributed by atoms with E-state index >= 15 is 0 Å². The van der Waals surface area contributed by atoms with Crippen LogP contribution in [0.3, 0.4) is 0 Å². The topological polar surface area (TPSA) is 44.8 Å². The van der Waals surface area contributed by atoms with Crippen LogP contribution in [0.15, 0.2) is 0 Å². The highest BCUT2D eigenvalue weighted by Gasteiger charge is 2.26. The number of carbonyl (C=O) groups excluding carboxylic acids is 1. The van der Waals surface area contributed by atoms with Gasteiger partial charge in [0.1, 0.15) is 0 Å². The van der Waals surface area contributed by atoms with Crippen molar-refractivity contribution in [3.05, 3.63) is 0 Å². The van der Waals surface area contributed by atoms with Crippen molar-refractivity contribution in [3.63, 3.8) is 0 Å². The summed E-state index contributed by atoms with van der Waals surface area (Å²) in [5, 5.41) is 3.30. The van der Waals surface area contributed by atoms with Crippen LogP contribution in [-0.4, -0.2) is 73.7 Å². The number of nitrogens with zero attached hydrogens (tertiary/aromatic N) is 2. The maximum atomic E-state index is 12.5. The normalized spacial score (nSPS) is 29.3. The highest BCUT2D eigenvalue weighted by Crippen LogP contribution is 2.23. The minimum Gasteiger partial charge on any atom is -0.375 e. The van der Waals surface area contributed by atoms with Crippen LogP contribution in [0.5, 0.6) is 0 Å². The third-order valence-electron chi connectivity index (χ3n) is 5.38. The van der Waals surface area contributed by atoms with Gasteiger partial charge in [0.05, 0.1) is 19.1 Å². The highest BCUT2D eigenvalue weighted by atomic mass is 16.5. The van der Waals surface area contributed by atoms with E-state index in [0.717, 1.165) is 58.3 Å². The zero-order chi connectivity index (χ0) is 15.2. The molecule has 1 aliphatic carbocycles. The lowest BCUT2D eigenvalue weighted by Crippen LogP contribution is -2.44. The summed E-state index contributed by atoms with van der Waals surface area (Å²) >= 11 is 0. The van der Waals surface area contributed by atoms with E-state index in [1.165, 1.54) is 32.1 Å². The van der Waals surface area contributed by atoms with Gasteiger partial charge in [-0.25, -0.2) is 0 Å². The Morgan fingerprint density at radius 2 is 1.91 bits per heavy atom. The molecule has 5 heteroatoms. The molecule has 0 aromatic heterocycles. The van der Waals surface area contributed by atoms with Crippen molar-refractivity contribution in [2.45, 2.75) is 57.1 Å². The lowest BCUT2D eigenvalue weighted by molar-refractivity contribution is -0.134. The van der Waals surface area contributed by atoms with Gasteiger partial charge in [-0.15, -0.1) is 0 Å². The average molecular weight is 309 g/mol. The van der Waals surface area contributed by atoms with E-state index in [4.69, 9.17) is 4.74 Å². The van der Waals surface area contributed by atoms with E-state index in [9.17, 15) is 4.79 Å². The predicted molar refractivity (Wildman–Crippen MR) is 86.9 cm³/mol. The fourth-order valence-corrected chi connectivity index (χ4v) is 4.07. The molecule has 1 saturated carbocycles. The zero-order valence-corrected chi connectivity index (χ0v) is 13.8. The van der Waals surface area contributed by atoms with Gasteiger partial charge >= 0.3 is 0 Å². The first-order chi connectivity index (χ1) is 10.8. The zero-order valence-electron chi connectivity index (χ0n) is 13.8. The second-order valence-electron chi connectivity index (χ2n) is 6.96. The fraction of sp³-hybridized carbons (Fsp3) is 0.941. The van der Waals surface area contributed by atoms with Crippen molar-refractivity contribution in [1.82, 2.24) is 15.1 Å². The smallest absolute Gasteiger partial charge is 0.225 e. The van der Waals surface area contributed by atoms with Crippen molar-refractivity contribution < 1.29 is 9.53 Å². The Morgan fingerprint density at radius 3 is 2.68 bits per heavy atom. The van der Waals surface area contributed by atoms with Crippen LogP contribution in [-0.2, 0) is 9.53 Å². The van der Waals surface area contributed by atoms with E-state index in [-0.39, 0.29) is 12.0 Å². The Labute approximate surface area is 134 Å². The average Bonchev–Trinajstić information content (AvgIpc) is 2.83. The van der Waals surface area contributed by atoms with Gasteiger partial charge in [-0.1, -0.05) is 19.3 Å². The molecular weight excluding hydrogens is 278 g/mol. The molecule has 3 fully saturated rings. The van der Waals surface area contributed by atoms with E-state index in [0.29, 0.717) is 6.42 Å². The first-order valence-corrected chi connectivity index (χ1v) is 9.17. The summed E-state index contributed by atoms with van der Waals surface area (Å²) in [6.07, 6.45) is 8.61. The Bertz CT molecular complexity index is 352. The molecule has 0 unspecified atom stereocenters. The van der Waals surface area contributed by atoms with Crippen LogP contribution in [0, 0.1) is 0 Å². The number of hydrogen-bond donors (Lipinski definition) is 1. The molecular formula is C17H31N3O2. The maximum absolute atomic E-state index is 12.5. The molecule has 1 amide bonds. The molecule has 0 aromatic rings. The molecule has 3 rings (SSSR count). The summed E-state index contributed by atoms with van der Waals surface area (Å²) in [7, 11) is 0. The molecule has 1 atom stereocenters. The van der Waals surface area contributed by atoms with Crippen LogP contribution >= 0.6 is 0 Å². The second-order valence-corrected chi connectivity index (χ2v) is 6.96. The number of nitrogens with one attached hydrogen (secondary N) is 1. The molecule has 0 spiro atoms. The Morgan fingerprint density at radius 1 is 1.05 bits per heavy atom. The lowest BCUT2D eigenvalue weighted by Gasteiger charge is -2.33. The van der Waals surface area contributed by atoms with Gasteiger partial charge in [0, 0.05) is 45.3 Å². The number of rotatable bonds is 3. The number of hydrogen-bond acceptors (Lipinski definition) is 4. The lowest BCUT2D eigenvalue weighted by atomic mass is 9.94. The first kappa shape index (κ1) is 16.2. The Kier molecular flexibility index (Phi) is 6.10. The van der Waals surface area contributed by atoms with E-state index < -0.39 is 0 Å². The Balaban J connectivity index is 1.45. The summed E-state index contributed by atoms with van der Waals surface area (Å²) < 4.78 is 5.67. The van der Waals surface area contributed by atoms with Gasteiger partial charge in [-0.05, 0) is 19.3 Å². The predicted octanol–water partition coefficient (Wildman–Crippen LogP) is 1.23. The summed E-state index contributed by atoms with van der Waals surface area (Å²) in [4.78, 5) is 17.2. The molecule has 2 aliphatic heterocycles. The molecule has 0 aromatic carbocycles. The monoisotopic (exact) mass is 309 g/mol. The number of morpholine rings is 1. The minimum atomic E-state index is 0.0685. The van der Waals surface area contributed by atoms with Gasteiger partial charge < -0.3 is 15.0 Å². The SMILES string of the molecule is O=C(C[C@H]1CNCCO1)N1CCCN(C2CCCCC2)CC1. The maximum Gasteiger partial charge on any atom is 0.225 e. The molecule has 0 radical (unpaired) electrons. The second kappa shape index (κ2) is 8.27. The van der Waals surface area contributed by atoms with Gasteiger partial charge in [-0.2, -0.15) is 0 Å². The molecule has 3 aliphatic rings. The number of carbonyl (C=O) groups is 1. The molecule has 2 heterocycles. The third kappa shape index (κ3) is 4.43. The summed E-state index contributed by atoms with van der Waals surface area (Å²) in [6.45, 7) is 6.49. The largest absolute Gasteiger partial charge is 0.375 e. The van der Waals surface area contributed by atoms with Crippen LogP contribution in [0.2, 0.25) is 0 Å². The van der Waals surface area contributed by atoms with Gasteiger partial charge in [0.2, 0.25) is 5.91 Å². The van der Waals surface area contributed by atoms with Gasteiger partial charge in [-0.3, -0.25) is 9.69 Å². The quantitative estimate of drug-likeness (QED) is 0.852. The molecule has 2 saturated heterocycles. The first-order valence-electron chi connectivity index (χ1n) is 9.17. The van der Waals surface area contributed by atoms with Gasteiger partial charge in [0.25, 0.3) is 0 Å². The van der Waals surface area contributed by atoms with Gasteiger partial charge in [0.15, 0.2) is 0 Å². The fourth-order valence-electron chi connectivity index (χ4n) is 4.07. The van der Waals surface area contributed by atoms with Crippen molar-refractivity contribution in [3.8, 4) is 0 Å². The van der Waals surface area contributed by atoms with Crippen molar-refractivity contribution in [2.75, 3.05) is 45.9 Å². The van der Waals surface area contributed by atoms with Crippen LogP contribution in [0.4, 0.5) is 0 Å².